The first-order valence-electron chi connectivity index (χ1n) is 6.49. The summed E-state index contributed by atoms with van der Waals surface area (Å²) < 4.78 is 14.0. The smallest absolute Gasteiger partial charge is 0.145 e. The van der Waals surface area contributed by atoms with Gasteiger partial charge in [-0.1, -0.05) is 24.3 Å². The quantitative estimate of drug-likeness (QED) is 0.863. The monoisotopic (exact) mass is 279 g/mol. The van der Waals surface area contributed by atoms with Crippen LogP contribution in [0.15, 0.2) is 42.5 Å². The van der Waals surface area contributed by atoms with Crippen molar-refractivity contribution >= 4 is 0 Å². The fourth-order valence-electron chi connectivity index (χ4n) is 2.19. The summed E-state index contributed by atoms with van der Waals surface area (Å²) in [5.74, 6) is -0.461. The average Bonchev–Trinajstić information content (AvgIpc) is 2.49. The zero-order chi connectivity index (χ0) is 15.2. The lowest BCUT2D eigenvalue weighted by atomic mass is 10.1. The largest absolute Gasteiger partial charge is 0.298 e. The van der Waals surface area contributed by atoms with E-state index in [-0.39, 0.29) is 5.56 Å². The van der Waals surface area contributed by atoms with Crippen LogP contribution in [-0.4, -0.2) is 11.9 Å². The van der Waals surface area contributed by atoms with E-state index in [0.717, 1.165) is 5.56 Å². The van der Waals surface area contributed by atoms with E-state index in [1.54, 1.807) is 18.2 Å². The van der Waals surface area contributed by atoms with Gasteiger partial charge in [-0.15, -0.1) is 0 Å². The van der Waals surface area contributed by atoms with Gasteiger partial charge in [0.15, 0.2) is 0 Å². The predicted molar refractivity (Wildman–Crippen MR) is 77.4 cm³/mol. The summed E-state index contributed by atoms with van der Waals surface area (Å²) in [6.45, 7) is 1.00. The first-order valence-corrected chi connectivity index (χ1v) is 6.49. The van der Waals surface area contributed by atoms with Crippen LogP contribution in [0.3, 0.4) is 0 Å². The molecular weight excluding hydrogens is 265 g/mol. The topological polar surface area (TPSA) is 50.8 Å². The van der Waals surface area contributed by atoms with E-state index >= 15 is 0 Å². The molecule has 0 atom stereocenters. The van der Waals surface area contributed by atoms with Crippen molar-refractivity contribution in [2.24, 2.45) is 0 Å². The molecule has 0 bridgehead atoms. The van der Waals surface area contributed by atoms with Gasteiger partial charge >= 0.3 is 0 Å². The van der Waals surface area contributed by atoms with Crippen LogP contribution in [0, 0.1) is 28.5 Å². The highest BCUT2D eigenvalue weighted by Crippen LogP contribution is 2.15. The Morgan fingerprint density at radius 2 is 1.81 bits per heavy atom. The van der Waals surface area contributed by atoms with Crippen molar-refractivity contribution in [1.82, 2.24) is 4.90 Å². The lowest BCUT2D eigenvalue weighted by molar-refractivity contribution is 0.313. The molecule has 0 unspecified atom stereocenters. The van der Waals surface area contributed by atoms with Gasteiger partial charge < -0.3 is 0 Å². The second-order valence-electron chi connectivity index (χ2n) is 4.87. The molecule has 0 N–H and O–H groups in total. The van der Waals surface area contributed by atoms with Crippen molar-refractivity contribution in [3.05, 3.63) is 70.5 Å². The summed E-state index contributed by atoms with van der Waals surface area (Å²) in [6.07, 6.45) is 0. The van der Waals surface area contributed by atoms with Crippen LogP contribution in [0.2, 0.25) is 0 Å². The van der Waals surface area contributed by atoms with Crippen LogP contribution >= 0.6 is 0 Å². The summed E-state index contributed by atoms with van der Waals surface area (Å²) in [5.41, 5.74) is 2.16. The third kappa shape index (κ3) is 3.66. The summed E-state index contributed by atoms with van der Waals surface area (Å²) in [5, 5.41) is 17.7. The molecule has 21 heavy (non-hydrogen) atoms. The summed E-state index contributed by atoms with van der Waals surface area (Å²) >= 11 is 0. The molecule has 2 aromatic rings. The molecule has 0 aliphatic carbocycles. The van der Waals surface area contributed by atoms with Gasteiger partial charge in [-0.05, 0) is 30.8 Å². The Kier molecular flexibility index (Phi) is 4.66. The summed E-state index contributed by atoms with van der Waals surface area (Å²) in [7, 11) is 1.87. The van der Waals surface area contributed by atoms with Gasteiger partial charge in [0.2, 0.25) is 0 Å². The number of benzene rings is 2. The Morgan fingerprint density at radius 1 is 1.05 bits per heavy atom. The van der Waals surface area contributed by atoms with Crippen molar-refractivity contribution < 1.29 is 4.39 Å². The molecule has 2 rings (SSSR count). The van der Waals surface area contributed by atoms with Crippen molar-refractivity contribution in [3.63, 3.8) is 0 Å². The molecule has 0 aromatic heterocycles. The highest BCUT2D eigenvalue weighted by Gasteiger charge is 2.10. The zero-order valence-electron chi connectivity index (χ0n) is 11.7. The summed E-state index contributed by atoms with van der Waals surface area (Å²) in [4.78, 5) is 1.94. The highest BCUT2D eigenvalue weighted by atomic mass is 19.1. The Morgan fingerprint density at radius 3 is 2.52 bits per heavy atom. The molecule has 3 nitrogen and oxygen atoms in total. The minimum atomic E-state index is -0.461. The molecule has 0 aliphatic heterocycles. The molecule has 4 heteroatoms. The Balaban J connectivity index is 2.10. The van der Waals surface area contributed by atoms with Gasteiger partial charge in [-0.3, -0.25) is 4.90 Å². The molecule has 104 valence electrons. The SMILES string of the molecule is CN(Cc1cccc(C#N)c1)Cc1cccc(C#N)c1F. The van der Waals surface area contributed by atoms with E-state index in [9.17, 15) is 4.39 Å². The number of nitrogens with zero attached hydrogens (tertiary/aromatic N) is 3. The molecular formula is C17H14FN3. The van der Waals surface area contributed by atoms with E-state index in [0.29, 0.717) is 24.2 Å². The van der Waals surface area contributed by atoms with Crippen LogP contribution < -0.4 is 0 Å². The molecule has 0 amide bonds. The van der Waals surface area contributed by atoms with E-state index in [4.69, 9.17) is 10.5 Å². The molecule has 0 fully saturated rings. The van der Waals surface area contributed by atoms with Crippen molar-refractivity contribution in [2.45, 2.75) is 13.1 Å². The Bertz CT molecular complexity index is 726. The second kappa shape index (κ2) is 6.65. The van der Waals surface area contributed by atoms with Crippen LogP contribution in [0.1, 0.15) is 22.3 Å². The van der Waals surface area contributed by atoms with E-state index in [2.05, 4.69) is 6.07 Å². The Labute approximate surface area is 123 Å². The minimum Gasteiger partial charge on any atom is -0.298 e. The fraction of sp³-hybridized carbons (Fsp3) is 0.176. The second-order valence-corrected chi connectivity index (χ2v) is 4.87. The molecule has 0 heterocycles. The average molecular weight is 279 g/mol. The number of rotatable bonds is 4. The maximum Gasteiger partial charge on any atom is 0.145 e. The zero-order valence-corrected chi connectivity index (χ0v) is 11.7. The maximum atomic E-state index is 14.0. The third-order valence-corrected chi connectivity index (χ3v) is 3.15. The highest BCUT2D eigenvalue weighted by molar-refractivity contribution is 5.35. The number of hydrogen-bond donors (Lipinski definition) is 0. The third-order valence-electron chi connectivity index (χ3n) is 3.15. The molecule has 0 spiro atoms. The van der Waals surface area contributed by atoms with Gasteiger partial charge in [0, 0.05) is 18.7 Å². The van der Waals surface area contributed by atoms with Crippen LogP contribution in [0.25, 0.3) is 0 Å². The fourth-order valence-corrected chi connectivity index (χ4v) is 2.19. The van der Waals surface area contributed by atoms with Gasteiger partial charge in [-0.2, -0.15) is 10.5 Å². The molecule has 0 saturated heterocycles. The number of nitriles is 2. The molecule has 0 aliphatic rings. The first kappa shape index (κ1) is 14.7. The van der Waals surface area contributed by atoms with Crippen molar-refractivity contribution in [1.29, 1.82) is 10.5 Å². The molecule has 0 radical (unpaired) electrons. The lowest BCUT2D eigenvalue weighted by Crippen LogP contribution is -2.18. The van der Waals surface area contributed by atoms with E-state index in [1.807, 2.05) is 36.2 Å². The van der Waals surface area contributed by atoms with Crippen molar-refractivity contribution in [3.8, 4) is 12.1 Å². The van der Waals surface area contributed by atoms with Crippen LogP contribution in [-0.2, 0) is 13.1 Å². The lowest BCUT2D eigenvalue weighted by Gasteiger charge is -2.17. The normalized spacial score (nSPS) is 10.1. The van der Waals surface area contributed by atoms with Gasteiger partial charge in [0.1, 0.15) is 11.9 Å². The minimum absolute atomic E-state index is 0.0624. The van der Waals surface area contributed by atoms with E-state index < -0.39 is 5.82 Å². The van der Waals surface area contributed by atoms with Gasteiger partial charge in [-0.25, -0.2) is 4.39 Å². The predicted octanol–water partition coefficient (Wildman–Crippen LogP) is 3.20. The number of halogens is 1. The molecule has 2 aromatic carbocycles. The van der Waals surface area contributed by atoms with Crippen LogP contribution in [0.4, 0.5) is 4.39 Å². The van der Waals surface area contributed by atoms with E-state index in [1.165, 1.54) is 6.07 Å². The standard InChI is InChI=1S/C17H14FN3/c1-21(11-14-5-2-4-13(8-14)9-19)12-16-7-3-6-15(10-20)17(16)18/h2-8H,11-12H2,1H3. The summed E-state index contributed by atoms with van der Waals surface area (Å²) in [6, 6.07) is 16.1. The van der Waals surface area contributed by atoms with Crippen LogP contribution in [0.5, 0.6) is 0 Å². The molecule has 0 saturated carbocycles. The number of hydrogen-bond acceptors (Lipinski definition) is 3. The Hall–Kier alpha value is -2.69. The maximum absolute atomic E-state index is 14.0. The van der Waals surface area contributed by atoms with Gasteiger partial charge in [0.25, 0.3) is 0 Å². The van der Waals surface area contributed by atoms with Gasteiger partial charge in [0.05, 0.1) is 17.2 Å². The first-order chi connectivity index (χ1) is 10.1. The van der Waals surface area contributed by atoms with Crippen molar-refractivity contribution in [2.75, 3.05) is 7.05 Å².